The molecule has 0 radical (unpaired) electrons. The van der Waals surface area contributed by atoms with Gasteiger partial charge >= 0.3 is 5.97 Å². The van der Waals surface area contributed by atoms with E-state index in [1.807, 2.05) is 14.0 Å². The van der Waals surface area contributed by atoms with Crippen LogP contribution < -0.4 is 4.90 Å². The summed E-state index contributed by atoms with van der Waals surface area (Å²) in [5, 5.41) is 13.2. The second-order valence-corrected chi connectivity index (χ2v) is 5.65. The van der Waals surface area contributed by atoms with Crippen LogP contribution in [0.5, 0.6) is 0 Å². The lowest BCUT2D eigenvalue weighted by Gasteiger charge is -2.39. The van der Waals surface area contributed by atoms with E-state index in [1.165, 1.54) is 0 Å². The SMILES string of the molecule is Cc1nn(C)c(N2CCOC(C)(C)C2)c1/C=C/C(=O)O. The van der Waals surface area contributed by atoms with Crippen LogP contribution >= 0.6 is 0 Å². The van der Waals surface area contributed by atoms with Crippen molar-refractivity contribution in [2.75, 3.05) is 24.6 Å². The highest BCUT2D eigenvalue weighted by atomic mass is 16.5. The number of carbonyl (C=O) groups is 1. The third-order valence-electron chi connectivity index (χ3n) is 3.35. The largest absolute Gasteiger partial charge is 0.478 e. The number of rotatable bonds is 3. The quantitative estimate of drug-likeness (QED) is 0.848. The van der Waals surface area contributed by atoms with Crippen LogP contribution in [0.4, 0.5) is 5.82 Å². The minimum absolute atomic E-state index is 0.218. The van der Waals surface area contributed by atoms with E-state index in [9.17, 15) is 4.79 Å². The van der Waals surface area contributed by atoms with Crippen molar-refractivity contribution in [2.24, 2.45) is 7.05 Å². The Labute approximate surface area is 118 Å². The third-order valence-corrected chi connectivity index (χ3v) is 3.35. The summed E-state index contributed by atoms with van der Waals surface area (Å²) in [4.78, 5) is 12.9. The second-order valence-electron chi connectivity index (χ2n) is 5.65. The Morgan fingerprint density at radius 3 is 2.80 bits per heavy atom. The van der Waals surface area contributed by atoms with Gasteiger partial charge in [-0.15, -0.1) is 0 Å². The lowest BCUT2D eigenvalue weighted by molar-refractivity contribution is -0.131. The summed E-state index contributed by atoms with van der Waals surface area (Å²) >= 11 is 0. The van der Waals surface area contributed by atoms with E-state index < -0.39 is 5.97 Å². The fraction of sp³-hybridized carbons (Fsp3) is 0.571. The number of morpholine rings is 1. The number of aliphatic carboxylic acids is 1. The number of hydrogen-bond donors (Lipinski definition) is 1. The summed E-state index contributed by atoms with van der Waals surface area (Å²) in [6.45, 7) is 8.16. The predicted molar refractivity (Wildman–Crippen MR) is 76.9 cm³/mol. The van der Waals surface area contributed by atoms with Crippen molar-refractivity contribution >= 4 is 17.9 Å². The Morgan fingerprint density at radius 1 is 1.50 bits per heavy atom. The van der Waals surface area contributed by atoms with Gasteiger partial charge in [0.05, 0.1) is 17.9 Å². The molecule has 20 heavy (non-hydrogen) atoms. The number of nitrogens with zero attached hydrogens (tertiary/aromatic N) is 3. The van der Waals surface area contributed by atoms with E-state index in [4.69, 9.17) is 9.84 Å². The van der Waals surface area contributed by atoms with E-state index in [2.05, 4.69) is 23.8 Å². The van der Waals surface area contributed by atoms with Crippen LogP contribution in [-0.2, 0) is 16.6 Å². The number of aryl methyl sites for hydroxylation is 2. The molecule has 1 aromatic heterocycles. The highest BCUT2D eigenvalue weighted by molar-refractivity contribution is 5.87. The van der Waals surface area contributed by atoms with Crippen molar-refractivity contribution in [3.8, 4) is 0 Å². The number of carboxylic acid groups (broad SMARTS) is 1. The first-order valence-corrected chi connectivity index (χ1v) is 6.64. The van der Waals surface area contributed by atoms with Gasteiger partial charge in [-0.25, -0.2) is 4.79 Å². The molecule has 0 saturated carbocycles. The summed E-state index contributed by atoms with van der Waals surface area (Å²) in [6, 6.07) is 0. The molecule has 1 fully saturated rings. The summed E-state index contributed by atoms with van der Waals surface area (Å²) in [7, 11) is 1.88. The number of anilines is 1. The van der Waals surface area contributed by atoms with Gasteiger partial charge in [-0.1, -0.05) is 0 Å². The maximum Gasteiger partial charge on any atom is 0.328 e. The summed E-state index contributed by atoms with van der Waals surface area (Å²) in [6.07, 6.45) is 2.77. The molecule has 0 atom stereocenters. The standard InChI is InChI=1S/C14H21N3O3/c1-10-11(5-6-12(18)19)13(16(4)15-10)17-7-8-20-14(2,3)9-17/h5-6H,7-9H2,1-4H3,(H,18,19)/b6-5+. The van der Waals surface area contributed by atoms with Crippen LogP contribution in [-0.4, -0.2) is 46.2 Å². The first kappa shape index (κ1) is 14.6. The van der Waals surface area contributed by atoms with Crippen LogP contribution in [0, 0.1) is 6.92 Å². The Hall–Kier alpha value is -1.82. The minimum Gasteiger partial charge on any atom is -0.478 e. The molecule has 110 valence electrons. The van der Waals surface area contributed by atoms with Gasteiger partial charge in [0.15, 0.2) is 0 Å². The predicted octanol–water partition coefficient (Wildman–Crippen LogP) is 1.44. The van der Waals surface area contributed by atoms with Gasteiger partial charge in [0.2, 0.25) is 0 Å². The van der Waals surface area contributed by atoms with Gasteiger partial charge < -0.3 is 14.7 Å². The van der Waals surface area contributed by atoms with Gasteiger partial charge in [0, 0.05) is 31.8 Å². The zero-order valence-electron chi connectivity index (χ0n) is 12.4. The zero-order chi connectivity index (χ0) is 14.9. The minimum atomic E-state index is -0.957. The van der Waals surface area contributed by atoms with Crippen molar-refractivity contribution in [1.29, 1.82) is 0 Å². The Morgan fingerprint density at radius 2 is 2.20 bits per heavy atom. The van der Waals surface area contributed by atoms with Crippen LogP contribution in [0.2, 0.25) is 0 Å². The molecule has 0 unspecified atom stereocenters. The number of carboxylic acids is 1. The molecule has 1 saturated heterocycles. The molecule has 0 spiro atoms. The normalized spacial score (nSPS) is 18.7. The molecule has 2 rings (SSSR count). The smallest absolute Gasteiger partial charge is 0.328 e. The maximum absolute atomic E-state index is 10.7. The fourth-order valence-electron chi connectivity index (χ4n) is 2.58. The Kier molecular flexibility index (Phi) is 3.85. The van der Waals surface area contributed by atoms with E-state index in [0.29, 0.717) is 6.61 Å². The molecule has 1 aliphatic rings. The molecule has 0 bridgehead atoms. The van der Waals surface area contributed by atoms with E-state index in [-0.39, 0.29) is 5.60 Å². The third kappa shape index (κ3) is 3.01. The Bertz CT molecular complexity index is 546. The van der Waals surface area contributed by atoms with Gasteiger partial charge in [-0.05, 0) is 26.8 Å². The van der Waals surface area contributed by atoms with E-state index in [1.54, 1.807) is 10.8 Å². The number of ether oxygens (including phenoxy) is 1. The first-order valence-electron chi connectivity index (χ1n) is 6.64. The second kappa shape index (κ2) is 5.28. The molecule has 2 heterocycles. The van der Waals surface area contributed by atoms with Gasteiger partial charge in [0.25, 0.3) is 0 Å². The van der Waals surface area contributed by atoms with Crippen LogP contribution in [0.25, 0.3) is 6.08 Å². The van der Waals surface area contributed by atoms with Gasteiger partial charge in [-0.3, -0.25) is 4.68 Å². The number of aromatic nitrogens is 2. The molecule has 0 amide bonds. The zero-order valence-corrected chi connectivity index (χ0v) is 12.4. The van der Waals surface area contributed by atoms with Crippen LogP contribution in [0.1, 0.15) is 25.1 Å². The van der Waals surface area contributed by atoms with Gasteiger partial charge in [-0.2, -0.15) is 5.10 Å². The lowest BCUT2D eigenvalue weighted by atomic mass is 10.1. The first-order chi connectivity index (χ1) is 9.30. The van der Waals surface area contributed by atoms with E-state index in [0.717, 1.165) is 36.2 Å². The molecule has 1 aromatic rings. The average Bonchev–Trinajstić information content (AvgIpc) is 2.59. The molecule has 1 aliphatic heterocycles. The highest BCUT2D eigenvalue weighted by Crippen LogP contribution is 2.28. The fourth-order valence-corrected chi connectivity index (χ4v) is 2.58. The molecule has 1 N–H and O–H groups in total. The molecule has 0 aliphatic carbocycles. The van der Waals surface area contributed by atoms with Crippen molar-refractivity contribution in [3.63, 3.8) is 0 Å². The van der Waals surface area contributed by atoms with E-state index >= 15 is 0 Å². The van der Waals surface area contributed by atoms with Crippen LogP contribution in [0.3, 0.4) is 0 Å². The topological polar surface area (TPSA) is 67.6 Å². The molecule has 6 nitrogen and oxygen atoms in total. The molecule has 0 aromatic carbocycles. The summed E-state index contributed by atoms with van der Waals surface area (Å²) in [5.74, 6) is -0.0158. The average molecular weight is 279 g/mol. The van der Waals surface area contributed by atoms with Crippen molar-refractivity contribution in [1.82, 2.24) is 9.78 Å². The van der Waals surface area contributed by atoms with Crippen LogP contribution in [0.15, 0.2) is 6.08 Å². The Balaban J connectivity index is 2.38. The highest BCUT2D eigenvalue weighted by Gasteiger charge is 2.30. The molecule has 6 heteroatoms. The van der Waals surface area contributed by atoms with Crippen molar-refractivity contribution in [3.05, 3.63) is 17.3 Å². The van der Waals surface area contributed by atoms with Crippen molar-refractivity contribution in [2.45, 2.75) is 26.4 Å². The molecular weight excluding hydrogens is 258 g/mol. The monoisotopic (exact) mass is 279 g/mol. The lowest BCUT2D eigenvalue weighted by Crippen LogP contribution is -2.49. The summed E-state index contributed by atoms with van der Waals surface area (Å²) in [5.41, 5.74) is 1.46. The van der Waals surface area contributed by atoms with Gasteiger partial charge in [0.1, 0.15) is 5.82 Å². The maximum atomic E-state index is 10.7. The number of hydrogen-bond acceptors (Lipinski definition) is 4. The van der Waals surface area contributed by atoms with Crippen molar-refractivity contribution < 1.29 is 14.6 Å². The summed E-state index contributed by atoms with van der Waals surface area (Å²) < 4.78 is 7.52. The molecular formula is C14H21N3O3.